The number of nitrogens with one attached hydrogen (secondary N) is 2. The molecule has 0 aliphatic carbocycles. The second kappa shape index (κ2) is 12.9. The Bertz CT molecular complexity index is 447. The molecule has 8 nitrogen and oxygen atoms in total. The Hall–Kier alpha value is -1.38. The standard InChI is InChI=1S/C19H36N4O4/c1-3-20-19(22-14-18(24)21-9-13-25-2)23-10-7-16(8-11-23)27-15-17-6-4-5-12-26-17/h16-17H,3-15H2,1-2H3,(H,20,22)(H,21,24). The van der Waals surface area contributed by atoms with E-state index < -0.39 is 0 Å². The van der Waals surface area contributed by atoms with E-state index in [1.165, 1.54) is 12.8 Å². The van der Waals surface area contributed by atoms with Crippen LogP contribution in [0.4, 0.5) is 0 Å². The molecule has 1 amide bonds. The quantitative estimate of drug-likeness (QED) is 0.347. The maximum absolute atomic E-state index is 11.8. The van der Waals surface area contributed by atoms with Crippen LogP contribution in [0.25, 0.3) is 0 Å². The zero-order chi connectivity index (χ0) is 19.3. The molecule has 2 heterocycles. The largest absolute Gasteiger partial charge is 0.383 e. The van der Waals surface area contributed by atoms with E-state index in [1.807, 2.05) is 6.92 Å². The van der Waals surface area contributed by atoms with Crippen molar-refractivity contribution in [2.45, 2.75) is 51.2 Å². The summed E-state index contributed by atoms with van der Waals surface area (Å²) in [6.07, 6.45) is 6.02. The number of ether oxygens (including phenoxy) is 3. The van der Waals surface area contributed by atoms with Crippen molar-refractivity contribution in [3.63, 3.8) is 0 Å². The summed E-state index contributed by atoms with van der Waals surface area (Å²) in [4.78, 5) is 18.5. The zero-order valence-electron chi connectivity index (χ0n) is 16.9. The Morgan fingerprint density at radius 2 is 2.04 bits per heavy atom. The average Bonchev–Trinajstić information content (AvgIpc) is 2.71. The van der Waals surface area contributed by atoms with E-state index in [4.69, 9.17) is 14.2 Å². The van der Waals surface area contributed by atoms with Crippen molar-refractivity contribution in [1.82, 2.24) is 15.5 Å². The number of carbonyl (C=O) groups is 1. The molecule has 156 valence electrons. The minimum Gasteiger partial charge on any atom is -0.383 e. The molecule has 2 fully saturated rings. The molecule has 0 aromatic rings. The molecule has 2 aliphatic heterocycles. The lowest BCUT2D eigenvalue weighted by Crippen LogP contribution is -2.47. The van der Waals surface area contributed by atoms with Crippen molar-refractivity contribution >= 4 is 11.9 Å². The Balaban J connectivity index is 1.71. The molecule has 0 saturated carbocycles. The van der Waals surface area contributed by atoms with E-state index in [2.05, 4.69) is 20.5 Å². The molecular weight excluding hydrogens is 348 g/mol. The number of hydrogen-bond donors (Lipinski definition) is 2. The molecule has 2 saturated heterocycles. The number of methoxy groups -OCH3 is 1. The highest BCUT2D eigenvalue weighted by atomic mass is 16.5. The van der Waals surface area contributed by atoms with Crippen LogP contribution in [0.2, 0.25) is 0 Å². The van der Waals surface area contributed by atoms with Gasteiger partial charge >= 0.3 is 0 Å². The summed E-state index contributed by atoms with van der Waals surface area (Å²) in [6, 6.07) is 0. The molecule has 0 aromatic heterocycles. The summed E-state index contributed by atoms with van der Waals surface area (Å²) >= 11 is 0. The van der Waals surface area contributed by atoms with Crippen LogP contribution in [0, 0.1) is 0 Å². The van der Waals surface area contributed by atoms with Crippen molar-refractivity contribution in [3.8, 4) is 0 Å². The van der Waals surface area contributed by atoms with Gasteiger partial charge < -0.3 is 29.7 Å². The molecule has 27 heavy (non-hydrogen) atoms. The van der Waals surface area contributed by atoms with Gasteiger partial charge in [-0.05, 0) is 39.0 Å². The highest BCUT2D eigenvalue weighted by Crippen LogP contribution is 2.17. The van der Waals surface area contributed by atoms with Gasteiger partial charge in [0.1, 0.15) is 6.54 Å². The smallest absolute Gasteiger partial charge is 0.241 e. The fraction of sp³-hybridized carbons (Fsp3) is 0.895. The lowest BCUT2D eigenvalue weighted by Gasteiger charge is -2.35. The van der Waals surface area contributed by atoms with E-state index in [-0.39, 0.29) is 24.7 Å². The molecule has 0 bridgehead atoms. The number of amides is 1. The Labute approximate surface area is 163 Å². The highest BCUT2D eigenvalue weighted by molar-refractivity contribution is 5.85. The van der Waals surface area contributed by atoms with Crippen LogP contribution in [-0.4, -0.2) is 88.6 Å². The predicted octanol–water partition coefficient (Wildman–Crippen LogP) is 0.765. The van der Waals surface area contributed by atoms with E-state index in [9.17, 15) is 4.79 Å². The van der Waals surface area contributed by atoms with Gasteiger partial charge in [-0.2, -0.15) is 0 Å². The third kappa shape index (κ3) is 8.45. The van der Waals surface area contributed by atoms with Gasteiger partial charge in [-0.3, -0.25) is 4.79 Å². The number of piperidine rings is 1. The first-order valence-corrected chi connectivity index (χ1v) is 10.2. The van der Waals surface area contributed by atoms with Gasteiger partial charge in [0.25, 0.3) is 0 Å². The molecule has 0 aromatic carbocycles. The van der Waals surface area contributed by atoms with Crippen LogP contribution in [0.3, 0.4) is 0 Å². The number of carbonyl (C=O) groups excluding carboxylic acids is 1. The first-order valence-electron chi connectivity index (χ1n) is 10.2. The minimum atomic E-state index is -0.0897. The maximum atomic E-state index is 11.8. The Kier molecular flexibility index (Phi) is 10.5. The van der Waals surface area contributed by atoms with Gasteiger partial charge in [0, 0.05) is 39.9 Å². The average molecular weight is 385 g/mol. The van der Waals surface area contributed by atoms with Crippen LogP contribution in [0.1, 0.15) is 39.0 Å². The third-order valence-corrected chi connectivity index (χ3v) is 4.87. The molecule has 2 N–H and O–H groups in total. The number of rotatable bonds is 9. The van der Waals surface area contributed by atoms with Gasteiger partial charge in [-0.1, -0.05) is 0 Å². The van der Waals surface area contributed by atoms with E-state index in [1.54, 1.807) is 7.11 Å². The number of guanidine groups is 1. The van der Waals surface area contributed by atoms with Crippen LogP contribution >= 0.6 is 0 Å². The van der Waals surface area contributed by atoms with Crippen LogP contribution in [0.5, 0.6) is 0 Å². The predicted molar refractivity (Wildman–Crippen MR) is 105 cm³/mol. The molecule has 1 unspecified atom stereocenters. The van der Waals surface area contributed by atoms with Crippen LogP contribution in [0.15, 0.2) is 4.99 Å². The fourth-order valence-electron chi connectivity index (χ4n) is 3.34. The summed E-state index contributed by atoms with van der Waals surface area (Å²) < 4.78 is 16.7. The molecular formula is C19H36N4O4. The third-order valence-electron chi connectivity index (χ3n) is 4.87. The lowest BCUT2D eigenvalue weighted by atomic mass is 10.1. The number of nitrogens with zero attached hydrogens (tertiary/aromatic N) is 2. The van der Waals surface area contributed by atoms with Crippen molar-refractivity contribution in [2.24, 2.45) is 4.99 Å². The van der Waals surface area contributed by atoms with Crippen LogP contribution < -0.4 is 10.6 Å². The SMILES string of the molecule is CCNC(=NCC(=O)NCCOC)N1CCC(OCC2CCCCO2)CC1. The lowest BCUT2D eigenvalue weighted by molar-refractivity contribution is -0.119. The van der Waals surface area contributed by atoms with Gasteiger partial charge in [0.05, 0.1) is 25.4 Å². The minimum absolute atomic E-state index is 0.0897. The van der Waals surface area contributed by atoms with E-state index in [0.29, 0.717) is 19.8 Å². The zero-order valence-corrected chi connectivity index (χ0v) is 16.9. The molecule has 2 rings (SSSR count). The van der Waals surface area contributed by atoms with E-state index >= 15 is 0 Å². The highest BCUT2D eigenvalue weighted by Gasteiger charge is 2.23. The Morgan fingerprint density at radius 3 is 2.70 bits per heavy atom. The summed E-state index contributed by atoms with van der Waals surface area (Å²) in [6.45, 7) is 7.30. The fourth-order valence-corrected chi connectivity index (χ4v) is 3.34. The second-order valence-corrected chi connectivity index (χ2v) is 7.02. The van der Waals surface area contributed by atoms with Gasteiger partial charge in [-0.25, -0.2) is 4.99 Å². The molecule has 0 radical (unpaired) electrons. The molecule has 1 atom stereocenters. The van der Waals surface area contributed by atoms with Crippen molar-refractivity contribution < 1.29 is 19.0 Å². The number of likely N-dealkylation sites (tertiary alicyclic amines) is 1. The Morgan fingerprint density at radius 1 is 1.22 bits per heavy atom. The molecule has 0 spiro atoms. The van der Waals surface area contributed by atoms with Crippen molar-refractivity contribution in [2.75, 3.05) is 59.7 Å². The molecule has 2 aliphatic rings. The van der Waals surface area contributed by atoms with Gasteiger partial charge in [0.2, 0.25) is 5.91 Å². The summed E-state index contributed by atoms with van der Waals surface area (Å²) in [5.41, 5.74) is 0. The number of aliphatic imine (C=N–C) groups is 1. The number of hydrogen-bond acceptors (Lipinski definition) is 5. The first-order chi connectivity index (χ1) is 13.2. The van der Waals surface area contributed by atoms with E-state index in [0.717, 1.165) is 51.5 Å². The van der Waals surface area contributed by atoms with Crippen molar-refractivity contribution in [1.29, 1.82) is 0 Å². The van der Waals surface area contributed by atoms with Crippen LogP contribution in [-0.2, 0) is 19.0 Å². The normalized spacial score (nSPS) is 21.9. The monoisotopic (exact) mass is 384 g/mol. The maximum Gasteiger partial charge on any atom is 0.241 e. The van der Waals surface area contributed by atoms with Gasteiger partial charge in [-0.15, -0.1) is 0 Å². The molecule has 8 heteroatoms. The summed E-state index contributed by atoms with van der Waals surface area (Å²) in [7, 11) is 1.61. The summed E-state index contributed by atoms with van der Waals surface area (Å²) in [5, 5.41) is 6.07. The first kappa shape index (κ1) is 21.9. The summed E-state index contributed by atoms with van der Waals surface area (Å²) in [5.74, 6) is 0.710. The topological polar surface area (TPSA) is 84.4 Å². The van der Waals surface area contributed by atoms with Gasteiger partial charge in [0.15, 0.2) is 5.96 Å². The second-order valence-electron chi connectivity index (χ2n) is 7.02. The van der Waals surface area contributed by atoms with Crippen molar-refractivity contribution in [3.05, 3.63) is 0 Å².